The Morgan fingerprint density at radius 2 is 1.74 bits per heavy atom. The molecule has 0 aliphatic carbocycles. The highest BCUT2D eigenvalue weighted by Crippen LogP contribution is 2.31. The lowest BCUT2D eigenvalue weighted by Gasteiger charge is -2.35. The van der Waals surface area contributed by atoms with Crippen LogP contribution in [0.1, 0.15) is 29.7 Å². The van der Waals surface area contributed by atoms with Crippen molar-refractivity contribution in [3.63, 3.8) is 0 Å². The number of piperazine rings is 1. The number of hydrogen-bond acceptors (Lipinski definition) is 3. The zero-order valence-corrected chi connectivity index (χ0v) is 14.1. The molecule has 3 rings (SSSR count). The van der Waals surface area contributed by atoms with Crippen molar-refractivity contribution in [3.05, 3.63) is 65.2 Å². The number of nitrogens with one attached hydrogen (secondary N) is 1. The van der Waals surface area contributed by atoms with Gasteiger partial charge < -0.3 is 10.1 Å². The zero-order valence-electron chi connectivity index (χ0n) is 14.1. The third-order valence-electron chi connectivity index (χ3n) is 4.36. The van der Waals surface area contributed by atoms with Gasteiger partial charge in [0.05, 0.1) is 12.6 Å². The topological polar surface area (TPSA) is 24.5 Å². The number of ether oxygens (including phenoxy) is 1. The van der Waals surface area contributed by atoms with Gasteiger partial charge in [-0.05, 0) is 37.1 Å². The van der Waals surface area contributed by atoms with Crippen LogP contribution in [-0.2, 0) is 0 Å². The molecule has 0 aromatic heterocycles. The Bertz CT molecular complexity index is 635. The van der Waals surface area contributed by atoms with Crippen molar-refractivity contribution in [2.75, 3.05) is 32.8 Å². The molecule has 1 unspecified atom stereocenters. The molecule has 122 valence electrons. The van der Waals surface area contributed by atoms with Crippen LogP contribution in [-0.4, -0.2) is 37.7 Å². The van der Waals surface area contributed by atoms with Gasteiger partial charge in [0.1, 0.15) is 5.75 Å². The summed E-state index contributed by atoms with van der Waals surface area (Å²) in [6.07, 6.45) is 0. The van der Waals surface area contributed by atoms with Crippen LogP contribution in [0.15, 0.2) is 48.5 Å². The van der Waals surface area contributed by atoms with Gasteiger partial charge in [-0.15, -0.1) is 0 Å². The van der Waals surface area contributed by atoms with E-state index in [1.807, 2.05) is 13.0 Å². The first-order valence-corrected chi connectivity index (χ1v) is 8.52. The van der Waals surface area contributed by atoms with Crippen LogP contribution in [0, 0.1) is 6.92 Å². The molecule has 0 saturated carbocycles. The molecular weight excluding hydrogens is 284 g/mol. The van der Waals surface area contributed by atoms with Gasteiger partial charge in [0, 0.05) is 26.2 Å². The molecule has 1 N–H and O–H groups in total. The van der Waals surface area contributed by atoms with E-state index >= 15 is 0 Å². The first-order valence-electron chi connectivity index (χ1n) is 8.52. The maximum absolute atomic E-state index is 5.71. The van der Waals surface area contributed by atoms with Gasteiger partial charge in [0.2, 0.25) is 0 Å². The molecule has 0 amide bonds. The van der Waals surface area contributed by atoms with E-state index < -0.39 is 0 Å². The largest absolute Gasteiger partial charge is 0.494 e. The maximum Gasteiger partial charge on any atom is 0.119 e. The molecule has 23 heavy (non-hydrogen) atoms. The van der Waals surface area contributed by atoms with Crippen LogP contribution in [0.5, 0.6) is 5.75 Å². The van der Waals surface area contributed by atoms with Crippen molar-refractivity contribution in [2.45, 2.75) is 19.9 Å². The highest BCUT2D eigenvalue weighted by atomic mass is 16.5. The molecule has 2 aromatic carbocycles. The van der Waals surface area contributed by atoms with Crippen LogP contribution in [0.25, 0.3) is 0 Å². The van der Waals surface area contributed by atoms with Gasteiger partial charge >= 0.3 is 0 Å². The monoisotopic (exact) mass is 310 g/mol. The second kappa shape index (κ2) is 7.62. The van der Waals surface area contributed by atoms with Gasteiger partial charge in [-0.3, -0.25) is 4.90 Å². The number of hydrogen-bond donors (Lipinski definition) is 1. The lowest BCUT2D eigenvalue weighted by molar-refractivity contribution is 0.198. The summed E-state index contributed by atoms with van der Waals surface area (Å²) in [4.78, 5) is 2.57. The molecule has 1 fully saturated rings. The van der Waals surface area contributed by atoms with E-state index in [4.69, 9.17) is 4.74 Å². The quantitative estimate of drug-likeness (QED) is 0.916. The summed E-state index contributed by atoms with van der Waals surface area (Å²) in [7, 11) is 0. The van der Waals surface area contributed by atoms with Gasteiger partial charge in [-0.2, -0.15) is 0 Å². The van der Waals surface area contributed by atoms with Crippen LogP contribution < -0.4 is 10.1 Å². The summed E-state index contributed by atoms with van der Waals surface area (Å²) in [6, 6.07) is 17.7. The normalized spacial score (nSPS) is 17.0. The second-order valence-corrected chi connectivity index (χ2v) is 6.11. The fraction of sp³-hybridized carbons (Fsp3) is 0.400. The van der Waals surface area contributed by atoms with Gasteiger partial charge in [0.15, 0.2) is 0 Å². The third-order valence-corrected chi connectivity index (χ3v) is 4.36. The molecule has 1 atom stereocenters. The Kier molecular flexibility index (Phi) is 5.31. The predicted molar refractivity (Wildman–Crippen MR) is 95.1 cm³/mol. The second-order valence-electron chi connectivity index (χ2n) is 6.11. The van der Waals surface area contributed by atoms with Gasteiger partial charge in [-0.25, -0.2) is 0 Å². The predicted octanol–water partition coefficient (Wildman–Crippen LogP) is 3.39. The summed E-state index contributed by atoms with van der Waals surface area (Å²) < 4.78 is 5.71. The van der Waals surface area contributed by atoms with Crippen molar-refractivity contribution in [3.8, 4) is 5.75 Å². The fourth-order valence-electron chi connectivity index (χ4n) is 3.34. The van der Waals surface area contributed by atoms with E-state index in [9.17, 15) is 0 Å². The molecule has 3 heteroatoms. The summed E-state index contributed by atoms with van der Waals surface area (Å²) in [5.41, 5.74) is 3.98. The molecule has 1 aliphatic rings. The van der Waals surface area contributed by atoms with Crippen molar-refractivity contribution in [1.29, 1.82) is 0 Å². The highest BCUT2D eigenvalue weighted by molar-refractivity contribution is 5.38. The van der Waals surface area contributed by atoms with Crippen LogP contribution in [0.2, 0.25) is 0 Å². The average Bonchev–Trinajstić information content (AvgIpc) is 2.57. The molecule has 0 spiro atoms. The number of rotatable bonds is 5. The molecule has 1 heterocycles. The molecular formula is C20H26N2O. The van der Waals surface area contributed by atoms with E-state index in [1.54, 1.807) is 0 Å². The Morgan fingerprint density at radius 3 is 2.43 bits per heavy atom. The van der Waals surface area contributed by atoms with E-state index in [-0.39, 0.29) is 6.04 Å². The van der Waals surface area contributed by atoms with Crippen molar-refractivity contribution in [2.24, 2.45) is 0 Å². The summed E-state index contributed by atoms with van der Waals surface area (Å²) in [5.74, 6) is 0.956. The maximum atomic E-state index is 5.71. The first kappa shape index (κ1) is 16.0. The lowest BCUT2D eigenvalue weighted by atomic mass is 9.95. The standard InChI is InChI=1S/C20H26N2O/c1-3-23-19-9-5-8-18(15-19)20(22-12-10-21-11-13-22)17-7-4-6-16(2)14-17/h4-9,14-15,20-21H,3,10-13H2,1-2H3. The van der Waals surface area contributed by atoms with E-state index in [0.29, 0.717) is 6.61 Å². The Labute approximate surface area is 139 Å². The summed E-state index contributed by atoms with van der Waals surface area (Å²) >= 11 is 0. The Morgan fingerprint density at radius 1 is 1.04 bits per heavy atom. The smallest absolute Gasteiger partial charge is 0.119 e. The number of benzene rings is 2. The van der Waals surface area contributed by atoms with Gasteiger partial charge in [0.25, 0.3) is 0 Å². The fourth-order valence-corrected chi connectivity index (χ4v) is 3.34. The minimum absolute atomic E-state index is 0.289. The summed E-state index contributed by atoms with van der Waals surface area (Å²) in [5, 5.41) is 3.45. The van der Waals surface area contributed by atoms with E-state index in [1.165, 1.54) is 16.7 Å². The molecule has 1 saturated heterocycles. The lowest BCUT2D eigenvalue weighted by Crippen LogP contribution is -2.45. The van der Waals surface area contributed by atoms with Crippen molar-refractivity contribution < 1.29 is 4.74 Å². The third kappa shape index (κ3) is 3.92. The Hall–Kier alpha value is -1.84. The molecule has 1 aliphatic heterocycles. The summed E-state index contributed by atoms with van der Waals surface area (Å²) in [6.45, 7) is 9.12. The minimum atomic E-state index is 0.289. The van der Waals surface area contributed by atoms with E-state index in [2.05, 4.69) is 59.6 Å². The van der Waals surface area contributed by atoms with Crippen molar-refractivity contribution >= 4 is 0 Å². The minimum Gasteiger partial charge on any atom is -0.494 e. The highest BCUT2D eigenvalue weighted by Gasteiger charge is 2.24. The Balaban J connectivity index is 1.98. The zero-order chi connectivity index (χ0) is 16.1. The first-order chi connectivity index (χ1) is 11.3. The molecule has 0 radical (unpaired) electrons. The van der Waals surface area contributed by atoms with Crippen molar-refractivity contribution in [1.82, 2.24) is 10.2 Å². The van der Waals surface area contributed by atoms with Crippen LogP contribution >= 0.6 is 0 Å². The average molecular weight is 310 g/mol. The number of aryl methyl sites for hydroxylation is 1. The van der Waals surface area contributed by atoms with Gasteiger partial charge in [-0.1, -0.05) is 42.0 Å². The van der Waals surface area contributed by atoms with Crippen LogP contribution in [0.4, 0.5) is 0 Å². The molecule has 0 bridgehead atoms. The number of nitrogens with zero attached hydrogens (tertiary/aromatic N) is 1. The SMILES string of the molecule is CCOc1cccc(C(c2cccc(C)c2)N2CCNCC2)c1. The molecule has 2 aromatic rings. The molecule has 3 nitrogen and oxygen atoms in total. The van der Waals surface area contributed by atoms with E-state index in [0.717, 1.165) is 31.9 Å². The van der Waals surface area contributed by atoms with Crippen LogP contribution in [0.3, 0.4) is 0 Å².